The second kappa shape index (κ2) is 6.55. The molecule has 110 valence electrons. The van der Waals surface area contributed by atoms with E-state index in [0.29, 0.717) is 5.76 Å². The summed E-state index contributed by atoms with van der Waals surface area (Å²) < 4.78 is 6.32. The Balaban J connectivity index is 2.08. The first-order valence-corrected chi connectivity index (χ1v) is 6.89. The maximum Gasteiger partial charge on any atom is 0.322 e. The van der Waals surface area contributed by atoms with Gasteiger partial charge in [-0.05, 0) is 18.2 Å². The monoisotopic (exact) mass is 352 g/mol. The lowest BCUT2D eigenvalue weighted by Crippen LogP contribution is -2.42. The zero-order valence-corrected chi connectivity index (χ0v) is 12.5. The van der Waals surface area contributed by atoms with Gasteiger partial charge in [-0.25, -0.2) is 0 Å². The van der Waals surface area contributed by atoms with Crippen LogP contribution in [0.25, 0.3) is 11.3 Å². The van der Waals surface area contributed by atoms with E-state index in [1.807, 2.05) is 24.3 Å². The average Bonchev–Trinajstić information content (AvgIpc) is 2.94. The third-order valence-electron chi connectivity index (χ3n) is 2.77. The molecule has 6 nitrogen and oxygen atoms in total. The van der Waals surface area contributed by atoms with Gasteiger partial charge >= 0.3 is 5.97 Å². The highest BCUT2D eigenvalue weighted by Crippen LogP contribution is 2.29. The van der Waals surface area contributed by atoms with E-state index in [2.05, 4.69) is 21.2 Å². The normalized spacial score (nSPS) is 11.9. The fraction of sp³-hybridized carbons (Fsp3) is 0.143. The van der Waals surface area contributed by atoms with Gasteiger partial charge in [0.05, 0.1) is 0 Å². The van der Waals surface area contributed by atoms with E-state index in [-0.39, 0.29) is 12.3 Å². The van der Waals surface area contributed by atoms with Crippen molar-refractivity contribution in [3.63, 3.8) is 0 Å². The van der Waals surface area contributed by atoms with Crippen LogP contribution in [0.4, 0.5) is 0 Å². The van der Waals surface area contributed by atoms with E-state index in [4.69, 9.17) is 15.3 Å². The summed E-state index contributed by atoms with van der Waals surface area (Å²) in [6.07, 6.45) is 0. The third kappa shape index (κ3) is 3.71. The van der Waals surface area contributed by atoms with Crippen molar-refractivity contribution in [3.05, 3.63) is 46.6 Å². The van der Waals surface area contributed by atoms with Gasteiger partial charge in [0.1, 0.15) is 11.8 Å². The molecule has 2 rings (SSSR count). The Hall–Kier alpha value is -2.12. The zero-order chi connectivity index (χ0) is 15.4. The molecule has 0 fully saturated rings. The Labute approximate surface area is 129 Å². The average molecular weight is 353 g/mol. The molecular weight excluding hydrogens is 340 g/mol. The van der Waals surface area contributed by atoms with Crippen molar-refractivity contribution in [2.45, 2.75) is 6.04 Å². The van der Waals surface area contributed by atoms with E-state index >= 15 is 0 Å². The van der Waals surface area contributed by atoms with Crippen LogP contribution in [0.1, 0.15) is 10.6 Å². The number of nitrogens with one attached hydrogen (secondary N) is 1. The molecule has 1 atom stereocenters. The van der Waals surface area contributed by atoms with Gasteiger partial charge in [0, 0.05) is 16.6 Å². The van der Waals surface area contributed by atoms with Gasteiger partial charge in [-0.15, -0.1) is 0 Å². The number of carboxylic acids is 1. The van der Waals surface area contributed by atoms with Gasteiger partial charge in [0.25, 0.3) is 5.91 Å². The molecule has 1 heterocycles. The molecule has 0 aliphatic carbocycles. The smallest absolute Gasteiger partial charge is 0.322 e. The first kappa shape index (κ1) is 15.3. The van der Waals surface area contributed by atoms with E-state index in [0.717, 1.165) is 10.0 Å². The summed E-state index contributed by atoms with van der Waals surface area (Å²) in [5.74, 6) is -1.05. The fourth-order valence-corrected chi connectivity index (χ4v) is 2.12. The molecule has 0 unspecified atom stereocenters. The van der Waals surface area contributed by atoms with E-state index in [9.17, 15) is 9.59 Å². The summed E-state index contributed by atoms with van der Waals surface area (Å²) >= 11 is 3.40. The summed E-state index contributed by atoms with van der Waals surface area (Å²) in [7, 11) is 0. The molecule has 0 spiro atoms. The van der Waals surface area contributed by atoms with Crippen molar-refractivity contribution in [2.24, 2.45) is 5.73 Å². The molecule has 4 N–H and O–H groups in total. The number of hydrogen-bond donors (Lipinski definition) is 3. The van der Waals surface area contributed by atoms with Crippen molar-refractivity contribution in [1.82, 2.24) is 5.32 Å². The van der Waals surface area contributed by atoms with Gasteiger partial charge in [-0.2, -0.15) is 0 Å². The van der Waals surface area contributed by atoms with Crippen molar-refractivity contribution in [1.29, 1.82) is 0 Å². The molecule has 2 aromatic rings. The minimum atomic E-state index is -1.18. The largest absolute Gasteiger partial charge is 0.480 e. The quantitative estimate of drug-likeness (QED) is 0.761. The number of hydrogen-bond acceptors (Lipinski definition) is 4. The topological polar surface area (TPSA) is 106 Å². The fourth-order valence-electron chi connectivity index (χ4n) is 1.64. The lowest BCUT2D eigenvalue weighted by molar-refractivity contribution is -0.138. The number of nitrogens with two attached hydrogens (primary N) is 1. The summed E-state index contributed by atoms with van der Waals surface area (Å²) in [5, 5.41) is 11.1. The van der Waals surface area contributed by atoms with Gasteiger partial charge in [0.15, 0.2) is 5.76 Å². The van der Waals surface area contributed by atoms with Gasteiger partial charge in [-0.1, -0.05) is 34.1 Å². The molecule has 0 aliphatic rings. The third-order valence-corrected chi connectivity index (χ3v) is 3.46. The Morgan fingerprint density at radius 3 is 2.67 bits per heavy atom. The molecule has 0 aliphatic heterocycles. The van der Waals surface area contributed by atoms with Gasteiger partial charge in [0.2, 0.25) is 0 Å². The van der Waals surface area contributed by atoms with Gasteiger partial charge in [-0.3, -0.25) is 9.59 Å². The summed E-state index contributed by atoms with van der Waals surface area (Å²) in [6.45, 7) is -0.167. The summed E-state index contributed by atoms with van der Waals surface area (Å²) in [5.41, 5.74) is 6.13. The minimum absolute atomic E-state index is 0.0957. The maximum atomic E-state index is 11.8. The molecule has 1 aromatic carbocycles. The Kier molecular flexibility index (Phi) is 4.77. The van der Waals surface area contributed by atoms with E-state index < -0.39 is 17.9 Å². The highest BCUT2D eigenvalue weighted by atomic mass is 79.9. The number of amides is 1. The number of furan rings is 1. The van der Waals surface area contributed by atoms with Crippen LogP contribution < -0.4 is 11.1 Å². The van der Waals surface area contributed by atoms with Gasteiger partial charge < -0.3 is 20.6 Å². The maximum absolute atomic E-state index is 11.8. The van der Waals surface area contributed by atoms with Crippen LogP contribution in [-0.4, -0.2) is 29.6 Å². The van der Waals surface area contributed by atoms with Crippen LogP contribution in [0, 0.1) is 0 Å². The van der Waals surface area contributed by atoms with E-state index in [1.54, 1.807) is 6.07 Å². The second-order valence-electron chi connectivity index (χ2n) is 4.30. The number of carboxylic acid groups (broad SMARTS) is 1. The van der Waals surface area contributed by atoms with Crippen molar-refractivity contribution < 1.29 is 19.1 Å². The molecule has 0 radical (unpaired) electrons. The molecule has 21 heavy (non-hydrogen) atoms. The number of carbonyl (C=O) groups excluding carboxylic acids is 1. The molecule has 1 amide bonds. The molecule has 7 heteroatoms. The Morgan fingerprint density at radius 2 is 2.00 bits per heavy atom. The van der Waals surface area contributed by atoms with Crippen LogP contribution in [-0.2, 0) is 4.79 Å². The van der Waals surface area contributed by atoms with Crippen LogP contribution in [0.15, 0.2) is 45.3 Å². The predicted molar refractivity (Wildman–Crippen MR) is 79.8 cm³/mol. The first-order valence-electron chi connectivity index (χ1n) is 6.10. The van der Waals surface area contributed by atoms with Crippen LogP contribution in [0.5, 0.6) is 0 Å². The Bertz CT molecular complexity index is 668. The molecule has 0 saturated carbocycles. The molecule has 1 aromatic heterocycles. The summed E-state index contributed by atoms with van der Waals surface area (Å²) in [6, 6.07) is 9.49. The highest BCUT2D eigenvalue weighted by molar-refractivity contribution is 9.10. The summed E-state index contributed by atoms with van der Waals surface area (Å²) in [4.78, 5) is 22.4. The number of aliphatic carboxylic acids is 1. The standard InChI is InChI=1S/C14H13BrN2O4/c15-9-4-2-1-3-8(9)11-5-6-12(21-11)13(18)17-7-10(16)14(19)20/h1-6,10H,7,16H2,(H,17,18)(H,19,20)/t10-/m1/s1. The second-order valence-corrected chi connectivity index (χ2v) is 5.15. The van der Waals surface area contributed by atoms with E-state index in [1.165, 1.54) is 6.07 Å². The number of carbonyl (C=O) groups is 2. The zero-order valence-electron chi connectivity index (χ0n) is 10.9. The van der Waals surface area contributed by atoms with Crippen LogP contribution in [0.3, 0.4) is 0 Å². The van der Waals surface area contributed by atoms with Crippen molar-refractivity contribution >= 4 is 27.8 Å². The SMILES string of the molecule is N[C@H](CNC(=O)c1ccc(-c2ccccc2Br)o1)C(=O)O. The Morgan fingerprint density at radius 1 is 1.29 bits per heavy atom. The van der Waals surface area contributed by atoms with Crippen molar-refractivity contribution in [3.8, 4) is 11.3 Å². The minimum Gasteiger partial charge on any atom is -0.480 e. The molecule has 0 saturated heterocycles. The number of rotatable bonds is 5. The number of halogens is 1. The predicted octanol–water partition coefficient (Wildman–Crippen LogP) is 1.85. The highest BCUT2D eigenvalue weighted by Gasteiger charge is 2.16. The van der Waals surface area contributed by atoms with Crippen LogP contribution >= 0.6 is 15.9 Å². The van der Waals surface area contributed by atoms with Crippen LogP contribution in [0.2, 0.25) is 0 Å². The molecule has 0 bridgehead atoms. The lowest BCUT2D eigenvalue weighted by Gasteiger charge is -2.06. The molecular formula is C14H13BrN2O4. The first-order chi connectivity index (χ1) is 9.99. The lowest BCUT2D eigenvalue weighted by atomic mass is 10.2. The number of benzene rings is 1. The van der Waals surface area contributed by atoms with Crippen molar-refractivity contribution in [2.75, 3.05) is 6.54 Å².